The maximum atomic E-state index is 9.76. The summed E-state index contributed by atoms with van der Waals surface area (Å²) in [6, 6.07) is 0. The van der Waals surface area contributed by atoms with Crippen molar-refractivity contribution in [3.8, 4) is 0 Å². The van der Waals surface area contributed by atoms with Gasteiger partial charge in [-0.2, -0.15) is 0 Å². The second kappa shape index (κ2) is 5.65. The van der Waals surface area contributed by atoms with Gasteiger partial charge in [0.1, 0.15) is 12.4 Å². The summed E-state index contributed by atoms with van der Waals surface area (Å²) in [6.07, 6.45) is 0. The van der Waals surface area contributed by atoms with Crippen molar-refractivity contribution in [3.63, 3.8) is 0 Å². The van der Waals surface area contributed by atoms with Gasteiger partial charge in [-0.25, -0.2) is 0 Å². The predicted molar refractivity (Wildman–Crippen MR) is 47.4 cm³/mol. The number of carbonyl (C=O) groups excluding carboxylic acids is 1. The van der Waals surface area contributed by atoms with E-state index in [0.717, 1.165) is 0 Å². The van der Waals surface area contributed by atoms with E-state index in [4.69, 9.17) is 39.5 Å². The Balaban J connectivity index is 3.43. The molecule has 70 valence electrons. The molecule has 0 heterocycles. The molecule has 0 aromatic carbocycles. The fraction of sp³-hybridized carbons (Fsp3) is 0.500. The Morgan fingerprint density at radius 1 is 1.50 bits per heavy atom. The molecule has 0 aromatic rings. The van der Waals surface area contributed by atoms with E-state index in [1.165, 1.54) is 0 Å². The summed E-state index contributed by atoms with van der Waals surface area (Å²) in [4.78, 5) is 9.76. The zero-order valence-electron chi connectivity index (χ0n) is 6.06. The van der Waals surface area contributed by atoms with Crippen LogP contribution >= 0.6 is 34.8 Å². The highest BCUT2D eigenvalue weighted by Gasteiger charge is 2.19. The molecule has 0 radical (unpaired) electrons. The zero-order valence-corrected chi connectivity index (χ0v) is 8.33. The van der Waals surface area contributed by atoms with Gasteiger partial charge in [-0.15, -0.1) is 0 Å². The van der Waals surface area contributed by atoms with E-state index >= 15 is 0 Å². The highest BCUT2D eigenvalue weighted by molar-refractivity contribution is 6.67. The maximum Gasteiger partial charge on any atom is 0.298 e. The lowest BCUT2D eigenvalue weighted by Gasteiger charge is -2.10. The molecule has 6 heteroatoms. The fourth-order valence-corrected chi connectivity index (χ4v) is 0.614. The quantitative estimate of drug-likeness (QED) is 0.414. The van der Waals surface area contributed by atoms with Crippen LogP contribution < -0.4 is 0 Å². The van der Waals surface area contributed by atoms with Crippen molar-refractivity contribution in [3.05, 3.63) is 12.3 Å². The number of rotatable bonds is 5. The summed E-state index contributed by atoms with van der Waals surface area (Å²) in [5.74, 6) is 0.166. The molecule has 0 rings (SSSR count). The molecule has 0 fully saturated rings. The Labute approximate surface area is 85.2 Å². The topological polar surface area (TPSA) is 35.5 Å². The highest BCUT2D eigenvalue weighted by Crippen LogP contribution is 2.25. The van der Waals surface area contributed by atoms with E-state index in [9.17, 15) is 4.79 Å². The SMILES string of the molecule is C=C(COCC(Cl)(Cl)Cl)OC=O. The van der Waals surface area contributed by atoms with Gasteiger partial charge in [-0.3, -0.25) is 4.79 Å². The summed E-state index contributed by atoms with van der Waals surface area (Å²) in [5, 5.41) is 0. The van der Waals surface area contributed by atoms with Crippen molar-refractivity contribution in [2.75, 3.05) is 13.2 Å². The molecular formula is C6H7Cl3O3. The molecule has 0 unspecified atom stereocenters. The van der Waals surface area contributed by atoms with E-state index in [-0.39, 0.29) is 25.4 Å². The second-order valence-corrected chi connectivity index (χ2v) is 4.38. The van der Waals surface area contributed by atoms with Crippen LogP contribution in [0.4, 0.5) is 0 Å². The van der Waals surface area contributed by atoms with Crippen molar-refractivity contribution in [1.82, 2.24) is 0 Å². The van der Waals surface area contributed by atoms with Gasteiger partial charge in [0.2, 0.25) is 3.79 Å². The Hall–Kier alpha value is 0.0400. The number of hydrogen-bond donors (Lipinski definition) is 0. The molecule has 0 N–H and O–H groups in total. The molecule has 0 saturated carbocycles. The molecule has 0 amide bonds. The van der Waals surface area contributed by atoms with Gasteiger partial charge in [0.15, 0.2) is 0 Å². The van der Waals surface area contributed by atoms with Crippen molar-refractivity contribution >= 4 is 41.3 Å². The van der Waals surface area contributed by atoms with Crippen LogP contribution in [0.3, 0.4) is 0 Å². The molecular weight excluding hydrogens is 226 g/mol. The first kappa shape index (κ1) is 12.0. The van der Waals surface area contributed by atoms with Crippen LogP contribution in [0.2, 0.25) is 0 Å². The maximum absolute atomic E-state index is 9.76. The van der Waals surface area contributed by atoms with Gasteiger partial charge in [0.05, 0.1) is 6.61 Å². The van der Waals surface area contributed by atoms with Gasteiger partial charge < -0.3 is 9.47 Å². The summed E-state index contributed by atoms with van der Waals surface area (Å²) >= 11 is 16.1. The highest BCUT2D eigenvalue weighted by atomic mass is 35.6. The lowest BCUT2D eigenvalue weighted by Crippen LogP contribution is -2.14. The zero-order chi connectivity index (χ0) is 9.61. The molecule has 0 aliphatic heterocycles. The van der Waals surface area contributed by atoms with Crippen molar-refractivity contribution < 1.29 is 14.3 Å². The normalized spacial score (nSPS) is 10.9. The average molecular weight is 233 g/mol. The molecule has 0 saturated heterocycles. The number of halogens is 3. The van der Waals surface area contributed by atoms with Crippen LogP contribution in [-0.4, -0.2) is 23.5 Å². The number of hydrogen-bond acceptors (Lipinski definition) is 3. The van der Waals surface area contributed by atoms with E-state index in [0.29, 0.717) is 0 Å². The van der Waals surface area contributed by atoms with E-state index < -0.39 is 3.79 Å². The molecule has 0 spiro atoms. The first-order chi connectivity index (χ1) is 5.45. The van der Waals surface area contributed by atoms with E-state index in [1.807, 2.05) is 0 Å². The van der Waals surface area contributed by atoms with Gasteiger partial charge in [0, 0.05) is 0 Å². The van der Waals surface area contributed by atoms with Gasteiger partial charge in [0.25, 0.3) is 6.47 Å². The third kappa shape index (κ3) is 8.14. The number of alkyl halides is 3. The van der Waals surface area contributed by atoms with Gasteiger partial charge >= 0.3 is 0 Å². The van der Waals surface area contributed by atoms with Crippen LogP contribution in [0, 0.1) is 0 Å². The Morgan fingerprint density at radius 2 is 2.08 bits per heavy atom. The first-order valence-electron chi connectivity index (χ1n) is 2.88. The van der Waals surface area contributed by atoms with Crippen LogP contribution in [0.25, 0.3) is 0 Å². The molecule has 0 aliphatic carbocycles. The average Bonchev–Trinajstić information content (AvgIpc) is 1.84. The Morgan fingerprint density at radius 3 is 2.50 bits per heavy atom. The molecule has 12 heavy (non-hydrogen) atoms. The van der Waals surface area contributed by atoms with Crippen molar-refractivity contribution in [1.29, 1.82) is 0 Å². The minimum absolute atomic E-state index is 0.0205. The monoisotopic (exact) mass is 232 g/mol. The third-order valence-corrected chi connectivity index (χ3v) is 1.07. The van der Waals surface area contributed by atoms with Gasteiger partial charge in [-0.05, 0) is 0 Å². The smallest absolute Gasteiger partial charge is 0.298 e. The largest absolute Gasteiger partial charge is 0.431 e. The van der Waals surface area contributed by atoms with Crippen LogP contribution in [0.1, 0.15) is 0 Å². The minimum atomic E-state index is -1.46. The molecule has 0 bridgehead atoms. The predicted octanol–water partition coefficient (Wildman–Crippen LogP) is 2.06. The Kier molecular flexibility index (Phi) is 5.66. The van der Waals surface area contributed by atoms with Crippen molar-refractivity contribution in [2.45, 2.75) is 3.79 Å². The van der Waals surface area contributed by atoms with Gasteiger partial charge in [-0.1, -0.05) is 41.4 Å². The molecule has 3 nitrogen and oxygen atoms in total. The second-order valence-electron chi connectivity index (χ2n) is 1.86. The lowest BCUT2D eigenvalue weighted by atomic mass is 10.6. The molecule has 0 atom stereocenters. The summed E-state index contributed by atoms with van der Waals surface area (Å²) in [7, 11) is 0. The first-order valence-corrected chi connectivity index (χ1v) is 4.01. The summed E-state index contributed by atoms with van der Waals surface area (Å²) in [5.41, 5.74) is 0. The van der Waals surface area contributed by atoms with E-state index in [2.05, 4.69) is 11.3 Å². The lowest BCUT2D eigenvalue weighted by molar-refractivity contribution is -0.125. The number of ether oxygens (including phenoxy) is 2. The fourth-order valence-electron chi connectivity index (χ4n) is 0.383. The summed E-state index contributed by atoms with van der Waals surface area (Å²) < 4.78 is 7.70. The Bertz CT molecular complexity index is 164. The third-order valence-electron chi connectivity index (χ3n) is 0.744. The van der Waals surface area contributed by atoms with Crippen LogP contribution in [0.5, 0.6) is 0 Å². The number of carbonyl (C=O) groups is 1. The van der Waals surface area contributed by atoms with Crippen molar-refractivity contribution in [2.24, 2.45) is 0 Å². The minimum Gasteiger partial charge on any atom is -0.431 e. The van der Waals surface area contributed by atoms with E-state index in [1.54, 1.807) is 0 Å². The van der Waals surface area contributed by atoms with Crippen LogP contribution in [-0.2, 0) is 14.3 Å². The molecule has 0 aromatic heterocycles. The van der Waals surface area contributed by atoms with Crippen LogP contribution in [0.15, 0.2) is 12.3 Å². The summed E-state index contributed by atoms with van der Waals surface area (Å²) in [6.45, 7) is 3.54. The standard InChI is InChI=1S/C6H7Cl3O3/c1-5(12-4-10)2-11-3-6(7,8)9/h4H,1-3H2. The molecule has 0 aliphatic rings.